The second-order valence-electron chi connectivity index (χ2n) is 18.4. The second-order valence-corrected chi connectivity index (χ2v) is 20.1. The van der Waals surface area contributed by atoms with Crippen molar-refractivity contribution in [3.63, 3.8) is 0 Å². The van der Waals surface area contributed by atoms with Crippen LogP contribution in [0.2, 0.25) is 5.02 Å². The molecule has 0 radical (unpaired) electrons. The minimum Gasteiger partial charge on any atom is -0.490 e. The van der Waals surface area contributed by atoms with Gasteiger partial charge in [0.05, 0.1) is 24.0 Å². The highest BCUT2D eigenvalue weighted by Gasteiger charge is 2.44. The Morgan fingerprint density at radius 2 is 1.95 bits per heavy atom. The van der Waals surface area contributed by atoms with Gasteiger partial charge in [-0.25, -0.2) is 0 Å². The van der Waals surface area contributed by atoms with E-state index in [4.69, 9.17) is 21.1 Å². The Morgan fingerprint density at radius 3 is 2.70 bits per heavy atom. The first-order chi connectivity index (χ1) is 28.8. The maximum Gasteiger partial charge on any atom is 0.254 e. The summed E-state index contributed by atoms with van der Waals surface area (Å²) >= 11 is 6.49. The van der Waals surface area contributed by atoms with Crippen molar-refractivity contribution < 1.29 is 23.3 Å². The summed E-state index contributed by atoms with van der Waals surface area (Å²) in [6.07, 6.45) is 11.6. The fraction of sp³-hybridized carbons (Fsp3) is 0.574. The van der Waals surface area contributed by atoms with Gasteiger partial charge in [0.1, 0.15) is 5.75 Å². The number of fused-ring (bicyclic) bond motifs is 4. The number of aromatic nitrogens is 1. The van der Waals surface area contributed by atoms with E-state index in [-0.39, 0.29) is 23.3 Å². The SMILES string of the molecule is CO[C@H]1/C=C/C[C@H](C)C(NC(=O)c2cc(CN3CCN(C(C)C)[C@H](C)C3)n(C)c2)[S-](=O)=NC(=O)c2ccc3c(c2)N(C[C@@H]2CC[C@H]21)C[C@@]1(CCCc2cc(Cl)ccc21)CO3. The molecule has 2 amide bonds. The van der Waals surface area contributed by atoms with Crippen LogP contribution < -0.4 is 15.0 Å². The molecule has 2 aromatic carbocycles. The molecule has 8 rings (SSSR count). The highest BCUT2D eigenvalue weighted by atomic mass is 35.5. The molecule has 3 aliphatic heterocycles. The lowest BCUT2D eigenvalue weighted by molar-refractivity contribution is 0.0131. The van der Waals surface area contributed by atoms with Crippen LogP contribution in [-0.4, -0.2) is 96.2 Å². The van der Waals surface area contributed by atoms with Gasteiger partial charge >= 0.3 is 0 Å². The molecule has 2 bridgehead atoms. The summed E-state index contributed by atoms with van der Waals surface area (Å²) in [5.74, 6) is 0.178. The lowest BCUT2D eigenvalue weighted by Crippen LogP contribution is -2.53. The van der Waals surface area contributed by atoms with Crippen molar-refractivity contribution in [1.82, 2.24) is 19.7 Å². The quantitative estimate of drug-likeness (QED) is 0.198. The highest BCUT2D eigenvalue weighted by molar-refractivity contribution is 7.75. The van der Waals surface area contributed by atoms with Gasteiger partial charge in [0.25, 0.3) is 11.8 Å². The number of methoxy groups -OCH3 is 1. The molecule has 4 heterocycles. The molecule has 5 aliphatic rings. The molecule has 2 fully saturated rings. The van der Waals surface area contributed by atoms with Crippen molar-refractivity contribution in [2.45, 2.75) is 102 Å². The molecule has 11 nitrogen and oxygen atoms in total. The van der Waals surface area contributed by atoms with Crippen LogP contribution in [0.5, 0.6) is 5.75 Å². The first-order valence-corrected chi connectivity index (χ1v) is 23.5. The molecule has 60 heavy (non-hydrogen) atoms. The van der Waals surface area contributed by atoms with E-state index >= 15 is 0 Å². The zero-order valence-corrected chi connectivity index (χ0v) is 37.6. The van der Waals surface area contributed by atoms with Gasteiger partial charge in [-0.1, -0.05) is 36.7 Å². The molecule has 1 spiro atoms. The van der Waals surface area contributed by atoms with E-state index in [9.17, 15) is 13.8 Å². The summed E-state index contributed by atoms with van der Waals surface area (Å²) in [4.78, 5) is 35.4. The van der Waals surface area contributed by atoms with E-state index in [1.807, 2.05) is 49.0 Å². The van der Waals surface area contributed by atoms with E-state index < -0.39 is 21.9 Å². The summed E-state index contributed by atoms with van der Waals surface area (Å²) in [6, 6.07) is 14.6. The Hall–Kier alpha value is -3.68. The van der Waals surface area contributed by atoms with E-state index in [2.05, 4.69) is 69.4 Å². The number of piperazine rings is 1. The third-order valence-corrected chi connectivity index (χ3v) is 15.7. The second kappa shape index (κ2) is 18.0. The van der Waals surface area contributed by atoms with Crippen molar-refractivity contribution in [2.24, 2.45) is 29.2 Å². The topological polar surface area (TPSA) is 109 Å². The molecule has 13 heteroatoms. The minimum atomic E-state index is -2.08. The molecule has 3 aromatic rings. The third-order valence-electron chi connectivity index (χ3n) is 14.1. The van der Waals surface area contributed by atoms with Crippen molar-refractivity contribution in [3.05, 3.63) is 93.8 Å². The Labute approximate surface area is 363 Å². The van der Waals surface area contributed by atoms with Gasteiger partial charge in [-0.2, -0.15) is 10.6 Å². The van der Waals surface area contributed by atoms with Crippen molar-refractivity contribution in [1.29, 1.82) is 0 Å². The number of carbonyl (C=O) groups is 2. The smallest absolute Gasteiger partial charge is 0.254 e. The number of ether oxygens (including phenoxy) is 2. The molecule has 1 N–H and O–H groups in total. The zero-order valence-electron chi connectivity index (χ0n) is 36.1. The number of aryl methyl sites for hydroxylation is 2. The van der Waals surface area contributed by atoms with Crippen molar-refractivity contribution in [3.8, 4) is 5.75 Å². The standard InChI is InChI=1S/C47H62ClN6O5S/c1-30(2)54-20-19-52(24-32(54)4)27-38-22-36(25-51(38)5)44(55)49-46-31(3)9-7-11-42(58-6)39-15-12-35(39)26-53-28-47(18-8-10-33-21-37(48)14-16-40(33)47)29-59-43-17-13-34(23-41(43)53)45(56)50-60(46)57/h7,11,13-14,16-17,21-23,25,30-32,35,39,42,46H,8-10,12,15,18-20,24,26-29H2,1-6H3,(H,49,55)/q-1/b11-7+/t31-,32+,35-,39+,42-,46?,47-/m0/s1. The molecule has 1 unspecified atom stereocenters. The summed E-state index contributed by atoms with van der Waals surface area (Å²) in [5.41, 5.74) is 5.00. The number of allylic oxidation sites excluding steroid dienone is 1. The first-order valence-electron chi connectivity index (χ1n) is 21.9. The van der Waals surface area contributed by atoms with Gasteiger partial charge in [0, 0.05) is 93.4 Å². The zero-order chi connectivity index (χ0) is 42.3. The summed E-state index contributed by atoms with van der Waals surface area (Å²) in [7, 11) is 1.65. The van der Waals surface area contributed by atoms with Crippen LogP contribution in [0.1, 0.15) is 97.3 Å². The fourth-order valence-electron chi connectivity index (χ4n) is 10.6. The van der Waals surface area contributed by atoms with E-state index in [0.29, 0.717) is 48.1 Å². The number of amides is 2. The third kappa shape index (κ3) is 8.82. The van der Waals surface area contributed by atoms with Crippen LogP contribution in [0, 0.1) is 17.8 Å². The number of nitrogens with one attached hydrogen (secondary N) is 1. The monoisotopic (exact) mass is 857 g/mol. The number of hydrogen-bond acceptors (Lipinski definition) is 9. The van der Waals surface area contributed by atoms with Gasteiger partial charge in [-0.05, 0) is 130 Å². The van der Waals surface area contributed by atoms with Gasteiger partial charge in [-0.3, -0.25) is 19.4 Å². The number of anilines is 1. The molecular weight excluding hydrogens is 796 g/mol. The van der Waals surface area contributed by atoms with Gasteiger partial charge in [0.2, 0.25) is 0 Å². The average molecular weight is 859 g/mol. The fourth-order valence-corrected chi connectivity index (χ4v) is 11.9. The summed E-state index contributed by atoms with van der Waals surface area (Å²) in [5, 5.41) is 2.89. The number of benzene rings is 2. The number of nitrogens with zero attached hydrogens (tertiary/aromatic N) is 5. The number of halogens is 1. The van der Waals surface area contributed by atoms with Gasteiger partial charge in [0.15, 0.2) is 0 Å². The molecule has 1 aromatic heterocycles. The van der Waals surface area contributed by atoms with Crippen molar-refractivity contribution in [2.75, 3.05) is 51.3 Å². The molecular formula is C47H62ClN6O5S-. The van der Waals surface area contributed by atoms with Crippen LogP contribution in [-0.2, 0) is 45.0 Å². The number of hydrogen-bond donors (Lipinski definition) is 1. The number of carbonyl (C=O) groups excluding carboxylic acids is 2. The van der Waals surface area contributed by atoms with Crippen LogP contribution in [0.4, 0.5) is 5.69 Å². The molecule has 1 saturated carbocycles. The molecule has 2 aliphatic carbocycles. The van der Waals surface area contributed by atoms with E-state index in [1.165, 1.54) is 11.1 Å². The van der Waals surface area contributed by atoms with E-state index in [1.54, 1.807) is 13.2 Å². The summed E-state index contributed by atoms with van der Waals surface area (Å²) in [6.45, 7) is 14.4. The van der Waals surface area contributed by atoms with Gasteiger partial charge in [-0.15, -0.1) is 0 Å². The average Bonchev–Trinajstić information content (AvgIpc) is 3.50. The molecule has 324 valence electrons. The Kier molecular flexibility index (Phi) is 12.9. The predicted molar refractivity (Wildman–Crippen MR) is 238 cm³/mol. The van der Waals surface area contributed by atoms with Gasteiger partial charge < -0.3 is 32.8 Å². The van der Waals surface area contributed by atoms with Crippen LogP contribution in [0.3, 0.4) is 0 Å². The normalized spacial score (nSPS) is 29.8. The minimum absolute atomic E-state index is 0.0896. The van der Waals surface area contributed by atoms with Crippen LogP contribution in [0.25, 0.3) is 0 Å². The predicted octanol–water partition coefficient (Wildman–Crippen LogP) is 7.75. The maximum atomic E-state index is 14.3. The van der Waals surface area contributed by atoms with Crippen LogP contribution >= 0.6 is 11.6 Å². The largest absolute Gasteiger partial charge is 0.490 e. The van der Waals surface area contributed by atoms with Crippen LogP contribution in [0.15, 0.2) is 65.2 Å². The highest BCUT2D eigenvalue weighted by Crippen LogP contribution is 2.47. The maximum absolute atomic E-state index is 14.3. The Bertz CT molecular complexity index is 2200. The van der Waals surface area contributed by atoms with E-state index in [0.717, 1.165) is 93.5 Å². The number of rotatable bonds is 6. The van der Waals surface area contributed by atoms with Crippen molar-refractivity contribution >= 4 is 39.7 Å². The first kappa shape index (κ1) is 43.0. The lowest BCUT2D eigenvalue weighted by Gasteiger charge is -2.46. The molecule has 1 saturated heterocycles. The Morgan fingerprint density at radius 1 is 1.12 bits per heavy atom. The summed E-state index contributed by atoms with van der Waals surface area (Å²) < 4.78 is 33.4. The molecule has 7 atom stereocenters. The Balaban J connectivity index is 1.08. The lowest BCUT2D eigenvalue weighted by atomic mass is 9.68.